The molecule has 134 valence electrons. The molecule has 3 fully saturated rings. The Balaban J connectivity index is 1.54. The minimum Gasteiger partial charge on any atom is -0.478 e. The Labute approximate surface area is 147 Å². The number of likely N-dealkylation sites (tertiary alicyclic amines) is 1. The van der Waals surface area contributed by atoms with Gasteiger partial charge in [0.2, 0.25) is 5.91 Å². The van der Waals surface area contributed by atoms with Crippen LogP contribution in [0.4, 0.5) is 5.82 Å². The fraction of sp³-hybridized carbons (Fsp3) is 0.632. The van der Waals surface area contributed by atoms with Gasteiger partial charge in [0.15, 0.2) is 0 Å². The minimum atomic E-state index is -0.933. The maximum absolute atomic E-state index is 12.3. The maximum Gasteiger partial charge on any atom is 0.339 e. The number of nitrogens with zero attached hydrogens (tertiary/aromatic N) is 3. The predicted octanol–water partition coefficient (Wildman–Crippen LogP) is 2.40. The van der Waals surface area contributed by atoms with E-state index in [0.29, 0.717) is 24.1 Å². The quantitative estimate of drug-likeness (QED) is 0.909. The molecule has 1 aromatic rings. The average Bonchev–Trinajstić information content (AvgIpc) is 3.43. The van der Waals surface area contributed by atoms with Crippen LogP contribution < -0.4 is 4.90 Å². The van der Waals surface area contributed by atoms with Crippen molar-refractivity contribution in [1.82, 2.24) is 9.88 Å². The van der Waals surface area contributed by atoms with E-state index in [-0.39, 0.29) is 11.0 Å². The topological polar surface area (TPSA) is 73.7 Å². The lowest BCUT2D eigenvalue weighted by molar-refractivity contribution is -0.138. The van der Waals surface area contributed by atoms with Crippen molar-refractivity contribution in [2.24, 2.45) is 11.3 Å². The zero-order valence-electron chi connectivity index (χ0n) is 14.5. The number of carbonyl (C=O) groups is 2. The lowest BCUT2D eigenvalue weighted by Crippen LogP contribution is -2.54. The highest BCUT2D eigenvalue weighted by atomic mass is 16.4. The van der Waals surface area contributed by atoms with Crippen LogP contribution in [0, 0.1) is 11.3 Å². The molecule has 4 rings (SSSR count). The van der Waals surface area contributed by atoms with Gasteiger partial charge in [-0.2, -0.15) is 0 Å². The summed E-state index contributed by atoms with van der Waals surface area (Å²) in [4.78, 5) is 32.4. The SMILES string of the molecule is O=C(O)c1cccnc1N1CCCC2(CCC(=O)N(CC3CC3)C2)C1. The molecular weight excluding hydrogens is 318 g/mol. The molecule has 1 aliphatic carbocycles. The number of anilines is 1. The first-order valence-corrected chi connectivity index (χ1v) is 9.27. The van der Waals surface area contributed by atoms with Crippen LogP contribution in [-0.4, -0.2) is 53.0 Å². The Morgan fingerprint density at radius 3 is 2.92 bits per heavy atom. The molecule has 3 heterocycles. The summed E-state index contributed by atoms with van der Waals surface area (Å²) in [5.74, 6) is 0.628. The van der Waals surface area contributed by atoms with Gasteiger partial charge in [-0.05, 0) is 50.2 Å². The molecule has 3 aliphatic rings. The normalized spacial score (nSPS) is 27.0. The van der Waals surface area contributed by atoms with E-state index >= 15 is 0 Å². The lowest BCUT2D eigenvalue weighted by Gasteiger charge is -2.48. The molecule has 2 saturated heterocycles. The molecule has 1 unspecified atom stereocenters. The van der Waals surface area contributed by atoms with Crippen molar-refractivity contribution in [3.8, 4) is 0 Å². The summed E-state index contributed by atoms with van der Waals surface area (Å²) in [6.45, 7) is 3.34. The van der Waals surface area contributed by atoms with Gasteiger partial charge in [0.25, 0.3) is 0 Å². The van der Waals surface area contributed by atoms with Crippen molar-refractivity contribution in [1.29, 1.82) is 0 Å². The summed E-state index contributed by atoms with van der Waals surface area (Å²) in [6.07, 6.45) is 7.80. The van der Waals surface area contributed by atoms with Crippen molar-refractivity contribution in [3.05, 3.63) is 23.9 Å². The van der Waals surface area contributed by atoms with Gasteiger partial charge in [0.05, 0.1) is 0 Å². The third-order valence-corrected chi connectivity index (χ3v) is 5.90. The van der Waals surface area contributed by atoms with Crippen LogP contribution in [0.5, 0.6) is 0 Å². The Kier molecular flexibility index (Phi) is 4.13. The first-order valence-electron chi connectivity index (χ1n) is 9.27. The second-order valence-electron chi connectivity index (χ2n) is 7.92. The molecule has 1 aromatic heterocycles. The first-order chi connectivity index (χ1) is 12.1. The molecular formula is C19H25N3O3. The molecule has 0 radical (unpaired) electrons. The van der Waals surface area contributed by atoms with Crippen LogP contribution in [0.3, 0.4) is 0 Å². The molecule has 1 saturated carbocycles. The minimum absolute atomic E-state index is 0.0777. The van der Waals surface area contributed by atoms with E-state index in [1.807, 2.05) is 0 Å². The average molecular weight is 343 g/mol. The van der Waals surface area contributed by atoms with E-state index < -0.39 is 5.97 Å². The molecule has 6 heteroatoms. The number of amides is 1. The number of hydrogen-bond donors (Lipinski definition) is 1. The monoisotopic (exact) mass is 343 g/mol. The van der Waals surface area contributed by atoms with E-state index in [2.05, 4.69) is 14.8 Å². The van der Waals surface area contributed by atoms with Gasteiger partial charge < -0.3 is 14.9 Å². The fourth-order valence-corrected chi connectivity index (χ4v) is 4.42. The Bertz CT molecular complexity index is 688. The summed E-state index contributed by atoms with van der Waals surface area (Å²) in [6, 6.07) is 3.29. The van der Waals surface area contributed by atoms with Gasteiger partial charge in [0.1, 0.15) is 11.4 Å². The number of carboxylic acid groups (broad SMARTS) is 1. The molecule has 1 amide bonds. The van der Waals surface area contributed by atoms with Gasteiger partial charge in [0, 0.05) is 44.2 Å². The molecule has 0 bridgehead atoms. The summed E-state index contributed by atoms with van der Waals surface area (Å²) >= 11 is 0. The number of piperidine rings is 2. The second kappa shape index (κ2) is 6.32. The number of aromatic carboxylic acids is 1. The predicted molar refractivity (Wildman–Crippen MR) is 93.6 cm³/mol. The van der Waals surface area contributed by atoms with Crippen LogP contribution in [0.1, 0.15) is 48.9 Å². The van der Waals surface area contributed by atoms with Gasteiger partial charge in [-0.25, -0.2) is 9.78 Å². The largest absolute Gasteiger partial charge is 0.478 e. The van der Waals surface area contributed by atoms with E-state index in [1.165, 1.54) is 12.8 Å². The Morgan fingerprint density at radius 2 is 2.16 bits per heavy atom. The van der Waals surface area contributed by atoms with Crippen molar-refractivity contribution in [2.75, 3.05) is 31.1 Å². The standard InChI is InChI=1S/C19H25N3O3/c23-16-6-8-19(13-22(16)11-14-4-5-14)7-2-10-21(12-19)17-15(18(24)25)3-1-9-20-17/h1,3,9,14H,2,4-8,10-13H2,(H,24,25). The lowest BCUT2D eigenvalue weighted by atomic mass is 9.73. The number of pyridine rings is 1. The smallest absolute Gasteiger partial charge is 0.339 e. The van der Waals surface area contributed by atoms with Gasteiger partial charge in [-0.1, -0.05) is 0 Å². The summed E-state index contributed by atoms with van der Waals surface area (Å²) in [5, 5.41) is 9.46. The first kappa shape index (κ1) is 16.4. The molecule has 0 aromatic carbocycles. The van der Waals surface area contributed by atoms with Crippen LogP contribution in [0.2, 0.25) is 0 Å². The van der Waals surface area contributed by atoms with Gasteiger partial charge >= 0.3 is 5.97 Å². The van der Waals surface area contributed by atoms with Gasteiger partial charge in [-0.15, -0.1) is 0 Å². The zero-order valence-corrected chi connectivity index (χ0v) is 14.5. The number of carbonyl (C=O) groups excluding carboxylic acids is 1. The molecule has 1 N–H and O–H groups in total. The Hall–Kier alpha value is -2.11. The second-order valence-corrected chi connectivity index (χ2v) is 7.92. The van der Waals surface area contributed by atoms with E-state index in [0.717, 1.165) is 45.4 Å². The fourth-order valence-electron chi connectivity index (χ4n) is 4.42. The van der Waals surface area contributed by atoms with Crippen LogP contribution >= 0.6 is 0 Å². The van der Waals surface area contributed by atoms with Crippen molar-refractivity contribution in [2.45, 2.75) is 38.5 Å². The van der Waals surface area contributed by atoms with Crippen LogP contribution in [-0.2, 0) is 4.79 Å². The van der Waals surface area contributed by atoms with Crippen molar-refractivity contribution >= 4 is 17.7 Å². The number of hydrogen-bond acceptors (Lipinski definition) is 4. The maximum atomic E-state index is 12.3. The highest BCUT2D eigenvalue weighted by Gasteiger charge is 2.43. The summed E-state index contributed by atoms with van der Waals surface area (Å²) < 4.78 is 0. The third kappa shape index (κ3) is 3.34. The molecule has 6 nitrogen and oxygen atoms in total. The third-order valence-electron chi connectivity index (χ3n) is 5.90. The molecule has 1 spiro atoms. The van der Waals surface area contributed by atoms with E-state index in [1.54, 1.807) is 18.3 Å². The van der Waals surface area contributed by atoms with Crippen molar-refractivity contribution < 1.29 is 14.7 Å². The highest BCUT2D eigenvalue weighted by Crippen LogP contribution is 2.41. The van der Waals surface area contributed by atoms with E-state index in [9.17, 15) is 14.7 Å². The van der Waals surface area contributed by atoms with E-state index in [4.69, 9.17) is 0 Å². The molecule has 1 atom stereocenters. The number of aromatic nitrogens is 1. The molecule has 25 heavy (non-hydrogen) atoms. The van der Waals surface area contributed by atoms with Crippen LogP contribution in [0.25, 0.3) is 0 Å². The van der Waals surface area contributed by atoms with Crippen molar-refractivity contribution in [3.63, 3.8) is 0 Å². The van der Waals surface area contributed by atoms with Gasteiger partial charge in [-0.3, -0.25) is 4.79 Å². The summed E-state index contributed by atoms with van der Waals surface area (Å²) in [5.41, 5.74) is 0.343. The van der Waals surface area contributed by atoms with Crippen LogP contribution in [0.15, 0.2) is 18.3 Å². The zero-order chi connectivity index (χ0) is 17.4. The summed E-state index contributed by atoms with van der Waals surface area (Å²) in [7, 11) is 0. The number of rotatable bonds is 4. The highest BCUT2D eigenvalue weighted by molar-refractivity contribution is 5.93. The molecule has 2 aliphatic heterocycles. The number of carboxylic acids is 1. The Morgan fingerprint density at radius 1 is 1.32 bits per heavy atom.